The molecule has 0 saturated carbocycles. The summed E-state index contributed by atoms with van der Waals surface area (Å²) in [7, 11) is 0. The molecule has 1 heterocycles. The van der Waals surface area contributed by atoms with E-state index in [4.69, 9.17) is 45.4 Å². The van der Waals surface area contributed by atoms with Crippen molar-refractivity contribution in [3.05, 3.63) is 0 Å². The molecule has 0 amide bonds. The standard InChI is InChI=1S/C7H12Cl4Si/c1-6(2)4-3-5-12(10,11)7(6,8)9/h3-5H2,1-2H3. The molecule has 0 aromatic carbocycles. The fraction of sp³-hybridized carbons (Fsp3) is 1.00. The van der Waals surface area contributed by atoms with E-state index < -0.39 is 10.7 Å². The van der Waals surface area contributed by atoms with Gasteiger partial charge in [0.05, 0.1) is 0 Å². The molecule has 0 radical (unpaired) electrons. The highest BCUT2D eigenvalue weighted by Gasteiger charge is 2.60. The van der Waals surface area contributed by atoms with Gasteiger partial charge < -0.3 is 0 Å². The molecule has 0 unspecified atom stereocenters. The minimum atomic E-state index is -2.48. The third-order valence-electron chi connectivity index (χ3n) is 2.60. The van der Waals surface area contributed by atoms with Crippen LogP contribution in [0.1, 0.15) is 26.7 Å². The first-order chi connectivity index (χ1) is 5.21. The molecule has 1 aliphatic heterocycles. The van der Waals surface area contributed by atoms with E-state index in [1.165, 1.54) is 0 Å². The van der Waals surface area contributed by atoms with Crippen molar-refractivity contribution < 1.29 is 0 Å². The molecule has 0 aromatic heterocycles. The lowest BCUT2D eigenvalue weighted by atomic mass is 9.89. The zero-order valence-electron chi connectivity index (χ0n) is 7.13. The largest absolute Gasteiger partial charge is 0.286 e. The lowest BCUT2D eigenvalue weighted by Crippen LogP contribution is -2.55. The van der Waals surface area contributed by atoms with Gasteiger partial charge in [0.1, 0.15) is 3.96 Å². The highest BCUT2D eigenvalue weighted by molar-refractivity contribution is 7.50. The molecule has 0 aliphatic carbocycles. The SMILES string of the molecule is CC1(C)CCC[Si](Cl)(Cl)C1(Cl)Cl. The van der Waals surface area contributed by atoms with Crippen molar-refractivity contribution in [3.63, 3.8) is 0 Å². The predicted molar refractivity (Wildman–Crippen MR) is 59.7 cm³/mol. The molecule has 0 atom stereocenters. The van der Waals surface area contributed by atoms with Crippen molar-refractivity contribution in [1.29, 1.82) is 0 Å². The monoisotopic (exact) mass is 264 g/mol. The minimum absolute atomic E-state index is 0.163. The Kier molecular flexibility index (Phi) is 3.05. The number of hydrogen-bond acceptors (Lipinski definition) is 0. The molecule has 0 aromatic rings. The maximum Gasteiger partial charge on any atom is 0.286 e. The average molecular weight is 266 g/mol. The second-order valence-corrected chi connectivity index (χ2v) is 13.1. The Bertz CT molecular complexity index is 170. The normalized spacial score (nSPS) is 31.5. The quantitative estimate of drug-likeness (QED) is 0.345. The molecule has 0 nitrogen and oxygen atoms in total. The van der Waals surface area contributed by atoms with Gasteiger partial charge in [-0.1, -0.05) is 20.3 Å². The van der Waals surface area contributed by atoms with E-state index >= 15 is 0 Å². The summed E-state index contributed by atoms with van der Waals surface area (Å²) in [5.74, 6) is 0. The zero-order chi connectivity index (χ0) is 9.62. The van der Waals surface area contributed by atoms with Gasteiger partial charge >= 0.3 is 0 Å². The van der Waals surface area contributed by atoms with Gasteiger partial charge in [-0.15, -0.1) is 45.4 Å². The third kappa shape index (κ3) is 1.63. The summed E-state index contributed by atoms with van der Waals surface area (Å²) in [6, 6.07) is 0.798. The van der Waals surface area contributed by atoms with E-state index in [-0.39, 0.29) is 5.41 Å². The average Bonchev–Trinajstić information content (AvgIpc) is 1.83. The molecular weight excluding hydrogens is 254 g/mol. The maximum atomic E-state index is 6.22. The Balaban J connectivity index is 2.99. The Morgan fingerprint density at radius 2 is 1.67 bits per heavy atom. The number of halogens is 4. The van der Waals surface area contributed by atoms with Gasteiger partial charge in [-0.25, -0.2) is 0 Å². The summed E-state index contributed by atoms with van der Waals surface area (Å²) in [6.07, 6.45) is 2.03. The van der Waals surface area contributed by atoms with E-state index in [9.17, 15) is 0 Å². The van der Waals surface area contributed by atoms with Crippen LogP contribution in [-0.4, -0.2) is 10.7 Å². The van der Waals surface area contributed by atoms with Gasteiger partial charge in [0.15, 0.2) is 0 Å². The Labute approximate surface area is 93.9 Å². The summed E-state index contributed by atoms with van der Waals surface area (Å²) in [6.45, 7) is 1.57. The van der Waals surface area contributed by atoms with Crippen LogP contribution in [0.15, 0.2) is 0 Å². The molecule has 1 saturated heterocycles. The first-order valence-electron chi connectivity index (χ1n) is 3.96. The topological polar surface area (TPSA) is 0 Å². The lowest BCUT2D eigenvalue weighted by Gasteiger charge is -2.47. The fourth-order valence-electron chi connectivity index (χ4n) is 1.56. The Morgan fingerprint density at radius 3 is 2.00 bits per heavy atom. The van der Waals surface area contributed by atoms with Crippen LogP contribution in [-0.2, 0) is 0 Å². The summed E-state index contributed by atoms with van der Waals surface area (Å²) < 4.78 is -0.915. The molecule has 1 fully saturated rings. The van der Waals surface area contributed by atoms with Crippen LogP contribution in [0.5, 0.6) is 0 Å². The first kappa shape index (κ1) is 11.5. The van der Waals surface area contributed by atoms with Gasteiger partial charge in [0.25, 0.3) is 6.69 Å². The number of alkyl halides is 2. The van der Waals surface area contributed by atoms with Crippen LogP contribution in [0.2, 0.25) is 6.04 Å². The maximum absolute atomic E-state index is 6.22. The highest BCUT2D eigenvalue weighted by atomic mass is 35.7. The minimum Gasteiger partial charge on any atom is -0.143 e. The smallest absolute Gasteiger partial charge is 0.143 e. The van der Waals surface area contributed by atoms with Gasteiger partial charge in [0.2, 0.25) is 0 Å². The summed E-state index contributed by atoms with van der Waals surface area (Å²) in [5, 5.41) is 0. The number of rotatable bonds is 0. The predicted octanol–water partition coefficient (Wildman–Crippen LogP) is 4.44. The van der Waals surface area contributed by atoms with Gasteiger partial charge in [0, 0.05) is 0 Å². The van der Waals surface area contributed by atoms with Gasteiger partial charge in [-0.3, -0.25) is 0 Å². The molecule has 72 valence electrons. The second-order valence-electron chi connectivity index (χ2n) is 4.02. The van der Waals surface area contributed by atoms with Crippen LogP contribution in [0.4, 0.5) is 0 Å². The summed E-state index contributed by atoms with van der Waals surface area (Å²) in [4.78, 5) is 0. The first-order valence-corrected chi connectivity index (χ1v) is 8.95. The molecule has 1 aliphatic rings. The molecule has 1 rings (SSSR count). The molecule has 0 bridgehead atoms. The Hall–Kier alpha value is 1.38. The van der Waals surface area contributed by atoms with Crippen LogP contribution < -0.4 is 0 Å². The van der Waals surface area contributed by atoms with E-state index in [0.717, 1.165) is 18.9 Å². The molecule has 12 heavy (non-hydrogen) atoms. The van der Waals surface area contributed by atoms with Gasteiger partial charge in [-0.05, 0) is 17.9 Å². The van der Waals surface area contributed by atoms with Crippen molar-refractivity contribution >= 4 is 52.1 Å². The van der Waals surface area contributed by atoms with Crippen molar-refractivity contribution in [2.24, 2.45) is 5.41 Å². The fourth-order valence-corrected chi connectivity index (χ4v) is 6.70. The van der Waals surface area contributed by atoms with E-state index in [0.29, 0.717) is 0 Å². The van der Waals surface area contributed by atoms with Crippen LogP contribution in [0.25, 0.3) is 0 Å². The van der Waals surface area contributed by atoms with Crippen LogP contribution in [0.3, 0.4) is 0 Å². The van der Waals surface area contributed by atoms with Crippen molar-refractivity contribution in [3.8, 4) is 0 Å². The van der Waals surface area contributed by atoms with Gasteiger partial charge in [-0.2, -0.15) is 0 Å². The lowest BCUT2D eigenvalue weighted by molar-refractivity contribution is 0.317. The molecule has 0 N–H and O–H groups in total. The second kappa shape index (κ2) is 3.20. The van der Waals surface area contributed by atoms with Crippen molar-refractivity contribution in [2.75, 3.05) is 0 Å². The Morgan fingerprint density at radius 1 is 1.17 bits per heavy atom. The van der Waals surface area contributed by atoms with Crippen LogP contribution >= 0.6 is 45.4 Å². The van der Waals surface area contributed by atoms with Crippen LogP contribution in [0, 0.1) is 5.41 Å². The molecule has 5 heteroatoms. The number of hydrogen-bond donors (Lipinski definition) is 0. The van der Waals surface area contributed by atoms with E-state index in [2.05, 4.69) is 0 Å². The van der Waals surface area contributed by atoms with Crippen molar-refractivity contribution in [2.45, 2.75) is 36.7 Å². The van der Waals surface area contributed by atoms with E-state index in [1.807, 2.05) is 13.8 Å². The van der Waals surface area contributed by atoms with Crippen molar-refractivity contribution in [1.82, 2.24) is 0 Å². The summed E-state index contributed by atoms with van der Waals surface area (Å²) >= 11 is 24.8. The highest BCUT2D eigenvalue weighted by Crippen LogP contribution is 2.58. The third-order valence-corrected chi connectivity index (χ3v) is 12.1. The van der Waals surface area contributed by atoms with E-state index in [1.54, 1.807) is 0 Å². The molecule has 0 spiro atoms. The molecular formula is C7H12Cl4Si. The zero-order valence-corrected chi connectivity index (χ0v) is 11.2. The summed E-state index contributed by atoms with van der Waals surface area (Å²) in [5.41, 5.74) is -0.163.